The first kappa shape index (κ1) is 12.8. The van der Waals surface area contributed by atoms with Crippen LogP contribution in [0.2, 0.25) is 0 Å². The van der Waals surface area contributed by atoms with Crippen LogP contribution in [0.3, 0.4) is 0 Å². The van der Waals surface area contributed by atoms with Crippen LogP contribution in [0.15, 0.2) is 41.1 Å². The van der Waals surface area contributed by atoms with Crippen LogP contribution >= 0.6 is 15.9 Å². The van der Waals surface area contributed by atoms with Crippen molar-refractivity contribution in [2.45, 2.75) is 6.92 Å². The Hall–Kier alpha value is -1.62. The number of hydrogen-bond donors (Lipinski definition) is 2. The minimum atomic E-state index is -0.307. The Morgan fingerprint density at radius 3 is 2.72 bits per heavy atom. The molecule has 2 aromatic rings. The lowest BCUT2D eigenvalue weighted by Crippen LogP contribution is -1.99. The quantitative estimate of drug-likeness (QED) is 0.890. The van der Waals surface area contributed by atoms with Gasteiger partial charge in [-0.05, 0) is 31.2 Å². The van der Waals surface area contributed by atoms with Crippen molar-refractivity contribution in [1.82, 2.24) is 4.98 Å². The van der Waals surface area contributed by atoms with Crippen LogP contribution in [0.1, 0.15) is 6.92 Å². The summed E-state index contributed by atoms with van der Waals surface area (Å²) < 4.78 is 14.4. The van der Waals surface area contributed by atoms with E-state index < -0.39 is 0 Å². The second kappa shape index (κ2) is 5.82. The first-order chi connectivity index (χ1) is 8.69. The molecule has 0 amide bonds. The highest BCUT2D eigenvalue weighted by atomic mass is 79.9. The SMILES string of the molecule is CCNc1cncc(Nc2ccc(Br)cc2F)c1. The maximum atomic E-state index is 13.7. The summed E-state index contributed by atoms with van der Waals surface area (Å²) in [5, 5.41) is 6.15. The summed E-state index contributed by atoms with van der Waals surface area (Å²) in [6, 6.07) is 6.77. The highest BCUT2D eigenvalue weighted by Gasteiger charge is 2.03. The summed E-state index contributed by atoms with van der Waals surface area (Å²) in [6.45, 7) is 2.83. The Bertz CT molecular complexity index is 546. The van der Waals surface area contributed by atoms with E-state index in [1.807, 2.05) is 13.0 Å². The van der Waals surface area contributed by atoms with Crippen molar-refractivity contribution in [2.75, 3.05) is 17.2 Å². The van der Waals surface area contributed by atoms with Crippen LogP contribution in [-0.4, -0.2) is 11.5 Å². The Balaban J connectivity index is 2.20. The van der Waals surface area contributed by atoms with E-state index in [1.54, 1.807) is 24.5 Å². The number of aromatic nitrogens is 1. The molecule has 0 radical (unpaired) electrons. The van der Waals surface area contributed by atoms with Crippen molar-refractivity contribution < 1.29 is 4.39 Å². The predicted octanol–water partition coefficient (Wildman–Crippen LogP) is 4.16. The van der Waals surface area contributed by atoms with Crippen LogP contribution in [0.5, 0.6) is 0 Å². The molecular weight excluding hydrogens is 297 g/mol. The molecule has 2 N–H and O–H groups in total. The van der Waals surface area contributed by atoms with Gasteiger partial charge in [-0.2, -0.15) is 0 Å². The Morgan fingerprint density at radius 1 is 1.22 bits per heavy atom. The topological polar surface area (TPSA) is 37.0 Å². The molecule has 94 valence electrons. The van der Waals surface area contributed by atoms with E-state index in [2.05, 4.69) is 31.5 Å². The van der Waals surface area contributed by atoms with E-state index in [9.17, 15) is 4.39 Å². The number of nitrogens with one attached hydrogen (secondary N) is 2. The molecule has 2 rings (SSSR count). The Morgan fingerprint density at radius 2 is 2.00 bits per heavy atom. The van der Waals surface area contributed by atoms with E-state index in [-0.39, 0.29) is 5.82 Å². The molecule has 5 heteroatoms. The third kappa shape index (κ3) is 3.20. The lowest BCUT2D eigenvalue weighted by Gasteiger charge is -2.09. The minimum Gasteiger partial charge on any atom is -0.384 e. The molecule has 0 aliphatic heterocycles. The molecular formula is C13H13BrFN3. The number of anilines is 3. The summed E-state index contributed by atoms with van der Waals surface area (Å²) in [7, 11) is 0. The second-order valence-electron chi connectivity index (χ2n) is 3.74. The first-order valence-electron chi connectivity index (χ1n) is 5.60. The van der Waals surface area contributed by atoms with Crippen LogP contribution < -0.4 is 10.6 Å². The van der Waals surface area contributed by atoms with Crippen LogP contribution in [0, 0.1) is 5.82 Å². The van der Waals surface area contributed by atoms with Gasteiger partial charge in [-0.1, -0.05) is 15.9 Å². The van der Waals surface area contributed by atoms with Gasteiger partial charge >= 0.3 is 0 Å². The molecule has 1 aromatic carbocycles. The Labute approximate surface area is 114 Å². The fraction of sp³-hybridized carbons (Fsp3) is 0.154. The third-order valence-corrected chi connectivity index (χ3v) is 2.82. The molecule has 0 spiro atoms. The maximum absolute atomic E-state index is 13.7. The van der Waals surface area contributed by atoms with Crippen LogP contribution in [0.25, 0.3) is 0 Å². The van der Waals surface area contributed by atoms with E-state index in [1.165, 1.54) is 6.07 Å². The lowest BCUT2D eigenvalue weighted by molar-refractivity contribution is 0.631. The van der Waals surface area contributed by atoms with Gasteiger partial charge in [0, 0.05) is 11.0 Å². The van der Waals surface area contributed by atoms with Crippen molar-refractivity contribution in [3.8, 4) is 0 Å². The summed E-state index contributed by atoms with van der Waals surface area (Å²) in [6.07, 6.45) is 3.38. The van der Waals surface area contributed by atoms with Crippen molar-refractivity contribution in [3.63, 3.8) is 0 Å². The summed E-state index contributed by atoms with van der Waals surface area (Å²) >= 11 is 3.22. The number of hydrogen-bond acceptors (Lipinski definition) is 3. The monoisotopic (exact) mass is 309 g/mol. The van der Waals surface area contributed by atoms with Crippen LogP contribution in [0.4, 0.5) is 21.5 Å². The molecule has 0 atom stereocenters. The van der Waals surface area contributed by atoms with Gasteiger partial charge in [-0.15, -0.1) is 0 Å². The van der Waals surface area contributed by atoms with Gasteiger partial charge in [-0.3, -0.25) is 4.98 Å². The molecule has 0 bridgehead atoms. The number of rotatable bonds is 4. The van der Waals surface area contributed by atoms with Crippen molar-refractivity contribution in [1.29, 1.82) is 0 Å². The molecule has 0 saturated carbocycles. The Kier molecular flexibility index (Phi) is 4.15. The molecule has 3 nitrogen and oxygen atoms in total. The zero-order valence-electron chi connectivity index (χ0n) is 9.87. The van der Waals surface area contributed by atoms with E-state index >= 15 is 0 Å². The summed E-state index contributed by atoms with van der Waals surface area (Å²) in [5.41, 5.74) is 2.07. The molecule has 18 heavy (non-hydrogen) atoms. The minimum absolute atomic E-state index is 0.307. The fourth-order valence-corrected chi connectivity index (χ4v) is 1.89. The molecule has 1 heterocycles. The highest BCUT2D eigenvalue weighted by molar-refractivity contribution is 9.10. The molecule has 0 saturated heterocycles. The summed E-state index contributed by atoms with van der Waals surface area (Å²) in [4.78, 5) is 4.09. The van der Waals surface area contributed by atoms with Crippen molar-refractivity contribution in [3.05, 3.63) is 46.9 Å². The normalized spacial score (nSPS) is 10.2. The van der Waals surface area contributed by atoms with Gasteiger partial charge in [0.25, 0.3) is 0 Å². The van der Waals surface area contributed by atoms with Crippen LogP contribution in [-0.2, 0) is 0 Å². The van der Waals surface area contributed by atoms with Gasteiger partial charge in [0.15, 0.2) is 0 Å². The predicted molar refractivity (Wildman–Crippen MR) is 75.8 cm³/mol. The van der Waals surface area contributed by atoms with E-state index in [0.717, 1.165) is 17.9 Å². The average molecular weight is 310 g/mol. The molecule has 0 unspecified atom stereocenters. The second-order valence-corrected chi connectivity index (χ2v) is 4.66. The van der Waals surface area contributed by atoms with Crippen molar-refractivity contribution >= 4 is 33.0 Å². The van der Waals surface area contributed by atoms with E-state index in [0.29, 0.717) is 10.2 Å². The number of pyridine rings is 1. The van der Waals surface area contributed by atoms with E-state index in [4.69, 9.17) is 0 Å². The van der Waals surface area contributed by atoms with Gasteiger partial charge in [-0.25, -0.2) is 4.39 Å². The zero-order chi connectivity index (χ0) is 13.0. The lowest BCUT2D eigenvalue weighted by atomic mass is 10.3. The first-order valence-corrected chi connectivity index (χ1v) is 6.39. The van der Waals surface area contributed by atoms with Gasteiger partial charge in [0.1, 0.15) is 5.82 Å². The largest absolute Gasteiger partial charge is 0.384 e. The average Bonchev–Trinajstić information content (AvgIpc) is 2.34. The van der Waals surface area contributed by atoms with Gasteiger partial charge in [0.05, 0.1) is 29.5 Å². The fourth-order valence-electron chi connectivity index (χ4n) is 1.56. The maximum Gasteiger partial charge on any atom is 0.147 e. The smallest absolute Gasteiger partial charge is 0.147 e. The number of nitrogens with zero attached hydrogens (tertiary/aromatic N) is 1. The third-order valence-electron chi connectivity index (χ3n) is 2.33. The molecule has 1 aromatic heterocycles. The van der Waals surface area contributed by atoms with Gasteiger partial charge < -0.3 is 10.6 Å². The zero-order valence-corrected chi connectivity index (χ0v) is 11.5. The number of benzene rings is 1. The summed E-state index contributed by atoms with van der Waals surface area (Å²) in [5.74, 6) is -0.307. The van der Waals surface area contributed by atoms with Crippen molar-refractivity contribution in [2.24, 2.45) is 0 Å². The highest BCUT2D eigenvalue weighted by Crippen LogP contribution is 2.23. The molecule has 0 aliphatic rings. The molecule has 0 fully saturated rings. The molecule has 0 aliphatic carbocycles. The number of halogens is 2. The standard InChI is InChI=1S/C13H13BrFN3/c1-2-17-10-6-11(8-16-7-10)18-13-4-3-9(14)5-12(13)15/h3-8,17-18H,2H2,1H3. The van der Waals surface area contributed by atoms with Gasteiger partial charge in [0.2, 0.25) is 0 Å².